The molecule has 1 fully saturated rings. The topological polar surface area (TPSA) is 67.4 Å². The Morgan fingerprint density at radius 3 is 2.79 bits per heavy atom. The predicted molar refractivity (Wildman–Crippen MR) is 103 cm³/mol. The number of carbonyl (C=O) groups excluding carboxylic acids is 2. The number of anilines is 2. The second-order valence-electron chi connectivity index (χ2n) is 5.72. The Kier molecular flexibility index (Phi) is 7.78. The van der Waals surface area contributed by atoms with E-state index in [0.717, 1.165) is 18.1 Å². The Hall–Kier alpha value is -1.34. The van der Waals surface area contributed by atoms with Crippen LogP contribution in [-0.2, 0) is 9.59 Å². The summed E-state index contributed by atoms with van der Waals surface area (Å²) in [6, 6.07) is 5.19. The van der Waals surface area contributed by atoms with E-state index in [-0.39, 0.29) is 11.8 Å². The van der Waals surface area contributed by atoms with Gasteiger partial charge in [0.2, 0.25) is 11.8 Å². The van der Waals surface area contributed by atoms with Gasteiger partial charge < -0.3 is 15.4 Å². The van der Waals surface area contributed by atoms with Crippen LogP contribution in [-0.4, -0.2) is 29.9 Å². The third-order valence-corrected chi connectivity index (χ3v) is 6.71. The zero-order valence-corrected chi connectivity index (χ0v) is 15.7. The Labute approximate surface area is 151 Å². The maximum absolute atomic E-state index is 12.1. The summed E-state index contributed by atoms with van der Waals surface area (Å²) in [7, 11) is 5.49. The summed E-state index contributed by atoms with van der Waals surface area (Å²) in [5, 5.41) is 6.34. The van der Waals surface area contributed by atoms with Crippen LogP contribution in [0.4, 0.5) is 11.4 Å². The number of nitrogens with one attached hydrogen (secondary N) is 2. The Bertz CT molecular complexity index is 575. The lowest BCUT2D eigenvalue weighted by molar-refractivity contribution is -0.116. The molecule has 2 amide bonds. The van der Waals surface area contributed by atoms with E-state index in [1.54, 1.807) is 25.3 Å². The first kappa shape index (κ1) is 19.0. The van der Waals surface area contributed by atoms with Gasteiger partial charge >= 0.3 is 0 Å². The molecule has 1 aliphatic rings. The van der Waals surface area contributed by atoms with Crippen LogP contribution in [0.25, 0.3) is 0 Å². The fourth-order valence-electron chi connectivity index (χ4n) is 2.52. The van der Waals surface area contributed by atoms with Crippen LogP contribution in [0.2, 0.25) is 0 Å². The number of rotatable bonds is 8. The molecule has 0 spiro atoms. The molecular weight excluding hydrogens is 344 g/mol. The number of amides is 2. The van der Waals surface area contributed by atoms with Crippen LogP contribution in [0.3, 0.4) is 0 Å². The molecule has 0 saturated carbocycles. The maximum atomic E-state index is 12.1. The summed E-state index contributed by atoms with van der Waals surface area (Å²) in [6.07, 6.45) is 4.94. The Morgan fingerprint density at radius 1 is 1.29 bits per heavy atom. The van der Waals surface area contributed by atoms with E-state index in [0.29, 0.717) is 23.5 Å². The molecule has 0 radical (unpaired) electrons. The zero-order valence-electron chi connectivity index (χ0n) is 14.1. The molecule has 1 aliphatic heterocycles. The summed E-state index contributed by atoms with van der Waals surface area (Å²) in [5.74, 6) is 1.65. The van der Waals surface area contributed by atoms with Crippen LogP contribution in [0.5, 0.6) is 5.75 Å². The minimum Gasteiger partial charge on any atom is -0.495 e. The van der Waals surface area contributed by atoms with Gasteiger partial charge in [0.1, 0.15) is 5.75 Å². The highest BCUT2D eigenvalue weighted by Gasteiger charge is 2.16. The van der Waals surface area contributed by atoms with Crippen LogP contribution in [0.1, 0.15) is 39.0 Å². The van der Waals surface area contributed by atoms with E-state index in [1.165, 1.54) is 25.5 Å². The van der Waals surface area contributed by atoms with Crippen molar-refractivity contribution in [2.24, 2.45) is 0 Å². The molecule has 1 atom stereocenters. The van der Waals surface area contributed by atoms with Gasteiger partial charge in [0.05, 0.1) is 12.8 Å². The highest BCUT2D eigenvalue weighted by atomic mass is 33.1. The van der Waals surface area contributed by atoms with Gasteiger partial charge in [0.25, 0.3) is 0 Å². The lowest BCUT2D eigenvalue weighted by atomic mass is 10.1. The number of carbonyl (C=O) groups is 2. The maximum Gasteiger partial charge on any atom is 0.224 e. The largest absolute Gasteiger partial charge is 0.495 e. The van der Waals surface area contributed by atoms with Gasteiger partial charge in [-0.25, -0.2) is 0 Å². The monoisotopic (exact) mass is 368 g/mol. The van der Waals surface area contributed by atoms with Crippen LogP contribution in [0, 0.1) is 0 Å². The Balaban J connectivity index is 1.81. The van der Waals surface area contributed by atoms with Crippen molar-refractivity contribution in [3.63, 3.8) is 0 Å². The first-order valence-corrected chi connectivity index (χ1v) is 10.5. The SMILES string of the molecule is COc1ccc(NC(C)=O)cc1NC(=O)CCCC[C@@H]1CCSS1. The van der Waals surface area contributed by atoms with E-state index < -0.39 is 0 Å². The lowest BCUT2D eigenvalue weighted by Crippen LogP contribution is -2.13. The van der Waals surface area contributed by atoms with Crippen molar-refractivity contribution in [1.29, 1.82) is 0 Å². The molecule has 1 heterocycles. The van der Waals surface area contributed by atoms with Gasteiger partial charge in [-0.2, -0.15) is 0 Å². The highest BCUT2D eigenvalue weighted by molar-refractivity contribution is 8.77. The van der Waals surface area contributed by atoms with Crippen molar-refractivity contribution in [1.82, 2.24) is 0 Å². The molecular formula is C17H24N2O3S2. The van der Waals surface area contributed by atoms with E-state index >= 15 is 0 Å². The molecule has 1 aromatic rings. The molecule has 1 saturated heterocycles. The molecule has 0 bridgehead atoms. The second-order valence-corrected chi connectivity index (χ2v) is 8.51. The molecule has 24 heavy (non-hydrogen) atoms. The first-order chi connectivity index (χ1) is 11.6. The lowest BCUT2D eigenvalue weighted by Gasteiger charge is -2.12. The molecule has 2 rings (SSSR count). The van der Waals surface area contributed by atoms with Gasteiger partial charge in [-0.15, -0.1) is 0 Å². The van der Waals surface area contributed by atoms with E-state index in [4.69, 9.17) is 4.74 Å². The zero-order chi connectivity index (χ0) is 17.4. The van der Waals surface area contributed by atoms with Gasteiger partial charge in [-0.1, -0.05) is 28.0 Å². The molecule has 7 heteroatoms. The van der Waals surface area contributed by atoms with Crippen molar-refractivity contribution in [3.8, 4) is 5.75 Å². The van der Waals surface area contributed by atoms with Gasteiger partial charge in [-0.05, 0) is 37.5 Å². The summed E-state index contributed by atoms with van der Waals surface area (Å²) < 4.78 is 5.27. The number of methoxy groups -OCH3 is 1. The molecule has 0 aliphatic carbocycles. The number of unbranched alkanes of at least 4 members (excludes halogenated alkanes) is 1. The molecule has 0 aromatic heterocycles. The van der Waals surface area contributed by atoms with Crippen LogP contribution >= 0.6 is 21.6 Å². The average Bonchev–Trinajstić information content (AvgIpc) is 3.05. The summed E-state index contributed by atoms with van der Waals surface area (Å²) in [5.41, 5.74) is 1.21. The normalized spacial score (nSPS) is 16.7. The summed E-state index contributed by atoms with van der Waals surface area (Å²) in [4.78, 5) is 23.3. The van der Waals surface area contributed by atoms with E-state index in [1.807, 2.05) is 21.6 Å². The van der Waals surface area contributed by atoms with Gasteiger partial charge in [0, 0.05) is 30.0 Å². The summed E-state index contributed by atoms with van der Waals surface area (Å²) >= 11 is 0. The third kappa shape index (κ3) is 6.28. The molecule has 5 nitrogen and oxygen atoms in total. The van der Waals surface area contributed by atoms with E-state index in [9.17, 15) is 9.59 Å². The first-order valence-electron chi connectivity index (χ1n) is 8.12. The van der Waals surface area contributed by atoms with Crippen molar-refractivity contribution in [3.05, 3.63) is 18.2 Å². The van der Waals surface area contributed by atoms with Crippen molar-refractivity contribution >= 4 is 44.8 Å². The van der Waals surface area contributed by atoms with Crippen molar-refractivity contribution < 1.29 is 14.3 Å². The molecule has 1 aromatic carbocycles. The molecule has 2 N–H and O–H groups in total. The minimum absolute atomic E-state index is 0.0262. The van der Waals surface area contributed by atoms with Crippen LogP contribution < -0.4 is 15.4 Å². The van der Waals surface area contributed by atoms with Crippen molar-refractivity contribution in [2.45, 2.75) is 44.3 Å². The number of hydrogen-bond acceptors (Lipinski definition) is 5. The smallest absolute Gasteiger partial charge is 0.224 e. The van der Waals surface area contributed by atoms with Gasteiger partial charge in [0.15, 0.2) is 0 Å². The standard InChI is InChI=1S/C17H24N2O3S2/c1-12(20)18-13-7-8-16(22-2)15(11-13)19-17(21)6-4-3-5-14-9-10-23-24-14/h7-8,11,14H,3-6,9-10H2,1-2H3,(H,18,20)(H,19,21)/t14-/m1/s1. The quantitative estimate of drug-likeness (QED) is 0.529. The van der Waals surface area contributed by atoms with E-state index in [2.05, 4.69) is 10.6 Å². The number of benzene rings is 1. The third-order valence-electron chi connectivity index (χ3n) is 3.70. The van der Waals surface area contributed by atoms with Gasteiger partial charge in [-0.3, -0.25) is 9.59 Å². The highest BCUT2D eigenvalue weighted by Crippen LogP contribution is 2.39. The Morgan fingerprint density at radius 2 is 2.12 bits per heavy atom. The molecule has 132 valence electrons. The number of hydrogen-bond donors (Lipinski definition) is 2. The average molecular weight is 369 g/mol. The predicted octanol–water partition coefficient (Wildman–Crippen LogP) is 4.31. The molecule has 0 unspecified atom stereocenters. The minimum atomic E-state index is -0.152. The van der Waals surface area contributed by atoms with Crippen molar-refractivity contribution in [2.75, 3.05) is 23.5 Å². The van der Waals surface area contributed by atoms with Crippen LogP contribution in [0.15, 0.2) is 18.2 Å². The number of ether oxygens (including phenoxy) is 1. The fourth-order valence-corrected chi connectivity index (χ4v) is 5.55. The summed E-state index contributed by atoms with van der Waals surface area (Å²) in [6.45, 7) is 1.45. The fraction of sp³-hybridized carbons (Fsp3) is 0.529. The second kappa shape index (κ2) is 9.84.